The molecule has 3 rings (SSSR count). The standard InChI is InChI=1S/C19H14Cl2N2O4S2/c1-26-14-5-3-2-4-11(14)8-16-18(25)23(19(28)29-16)22-17(24)10-27-15-7-6-12(20)9-13(15)21/h2-9H,10H2,1H3,(H,22,24). The number of hydrogen-bond donors (Lipinski definition) is 1. The Balaban J connectivity index is 1.65. The van der Waals surface area contributed by atoms with Crippen LogP contribution in [0.15, 0.2) is 47.4 Å². The molecule has 6 nitrogen and oxygen atoms in total. The third-order valence-electron chi connectivity index (χ3n) is 3.71. The minimum absolute atomic E-state index is 0.203. The molecule has 1 fully saturated rings. The van der Waals surface area contributed by atoms with E-state index in [4.69, 9.17) is 44.9 Å². The number of hydrogen-bond acceptors (Lipinski definition) is 6. The molecule has 0 bridgehead atoms. The van der Waals surface area contributed by atoms with Crippen molar-refractivity contribution in [3.8, 4) is 11.5 Å². The normalized spacial score (nSPS) is 15.0. The zero-order valence-corrected chi connectivity index (χ0v) is 18.1. The summed E-state index contributed by atoms with van der Waals surface area (Å²) in [4.78, 5) is 25.2. The predicted octanol–water partition coefficient (Wildman–Crippen LogP) is 4.31. The Kier molecular flexibility index (Phi) is 7.02. The fourth-order valence-corrected chi connectivity index (χ4v) is 4.02. The molecule has 0 radical (unpaired) electrons. The predicted molar refractivity (Wildman–Crippen MR) is 118 cm³/mol. The number of thioether (sulfide) groups is 1. The van der Waals surface area contributed by atoms with Crippen LogP contribution in [-0.2, 0) is 9.59 Å². The van der Waals surface area contributed by atoms with Crippen LogP contribution in [0.5, 0.6) is 11.5 Å². The summed E-state index contributed by atoms with van der Waals surface area (Å²) in [7, 11) is 1.55. The van der Waals surface area contributed by atoms with Crippen LogP contribution in [0.3, 0.4) is 0 Å². The second-order valence-electron chi connectivity index (χ2n) is 5.66. The maximum atomic E-state index is 12.6. The number of ether oxygens (including phenoxy) is 2. The number of benzene rings is 2. The van der Waals surface area contributed by atoms with Crippen molar-refractivity contribution >= 4 is 69.4 Å². The lowest BCUT2D eigenvalue weighted by Gasteiger charge is -2.16. The summed E-state index contributed by atoms with van der Waals surface area (Å²) in [6.07, 6.45) is 1.66. The van der Waals surface area contributed by atoms with Gasteiger partial charge in [0.25, 0.3) is 11.8 Å². The van der Waals surface area contributed by atoms with E-state index < -0.39 is 11.8 Å². The number of thiocarbonyl (C=S) groups is 1. The largest absolute Gasteiger partial charge is 0.496 e. The molecule has 0 saturated carbocycles. The fourth-order valence-electron chi connectivity index (χ4n) is 2.38. The van der Waals surface area contributed by atoms with E-state index in [0.717, 1.165) is 22.3 Å². The monoisotopic (exact) mass is 468 g/mol. The SMILES string of the molecule is COc1ccccc1C=C1SC(=S)N(NC(=O)COc2ccc(Cl)cc2Cl)C1=O. The molecular weight excluding hydrogens is 455 g/mol. The van der Waals surface area contributed by atoms with Gasteiger partial charge in [-0.3, -0.25) is 15.0 Å². The maximum absolute atomic E-state index is 12.6. The van der Waals surface area contributed by atoms with Crippen molar-refractivity contribution in [1.82, 2.24) is 10.4 Å². The Bertz CT molecular complexity index is 1010. The molecule has 1 N–H and O–H groups in total. The third kappa shape index (κ3) is 5.22. The van der Waals surface area contributed by atoms with Crippen LogP contribution in [0.2, 0.25) is 10.0 Å². The van der Waals surface area contributed by atoms with Gasteiger partial charge in [-0.15, -0.1) is 0 Å². The number of nitrogens with one attached hydrogen (secondary N) is 1. The number of methoxy groups -OCH3 is 1. The quantitative estimate of drug-likeness (QED) is 0.503. The zero-order chi connectivity index (χ0) is 21.0. The number of nitrogens with zero attached hydrogens (tertiary/aromatic N) is 1. The summed E-state index contributed by atoms with van der Waals surface area (Å²) in [5.74, 6) is -0.0858. The molecule has 10 heteroatoms. The molecule has 2 aromatic carbocycles. The first-order chi connectivity index (χ1) is 13.9. The number of rotatable bonds is 6. The lowest BCUT2D eigenvalue weighted by Crippen LogP contribution is -2.46. The number of carbonyl (C=O) groups is 2. The van der Waals surface area contributed by atoms with Crippen molar-refractivity contribution in [3.63, 3.8) is 0 Å². The molecule has 2 amide bonds. The average Bonchev–Trinajstić information content (AvgIpc) is 2.95. The Morgan fingerprint density at radius 3 is 2.72 bits per heavy atom. The molecule has 0 unspecified atom stereocenters. The van der Waals surface area contributed by atoms with Crippen molar-refractivity contribution in [1.29, 1.82) is 0 Å². The zero-order valence-electron chi connectivity index (χ0n) is 15.0. The second kappa shape index (κ2) is 9.49. The average molecular weight is 469 g/mol. The second-order valence-corrected chi connectivity index (χ2v) is 8.18. The van der Waals surface area contributed by atoms with Crippen LogP contribution in [0.25, 0.3) is 6.08 Å². The van der Waals surface area contributed by atoms with Crippen LogP contribution >= 0.6 is 47.2 Å². The van der Waals surface area contributed by atoms with Gasteiger partial charge < -0.3 is 9.47 Å². The van der Waals surface area contributed by atoms with Gasteiger partial charge in [0.15, 0.2) is 10.9 Å². The van der Waals surface area contributed by atoms with Gasteiger partial charge in [0.05, 0.1) is 17.0 Å². The van der Waals surface area contributed by atoms with Crippen LogP contribution in [0, 0.1) is 0 Å². The van der Waals surface area contributed by atoms with Gasteiger partial charge in [0, 0.05) is 10.6 Å². The number of carbonyl (C=O) groups excluding carboxylic acids is 2. The van der Waals surface area contributed by atoms with Gasteiger partial charge in [0.1, 0.15) is 11.5 Å². The fraction of sp³-hybridized carbons (Fsp3) is 0.105. The molecule has 2 aromatic rings. The lowest BCUT2D eigenvalue weighted by atomic mass is 10.2. The maximum Gasteiger partial charge on any atom is 0.285 e. The Morgan fingerprint density at radius 2 is 2.00 bits per heavy atom. The van der Waals surface area contributed by atoms with Crippen molar-refractivity contribution in [2.75, 3.05) is 13.7 Å². The lowest BCUT2D eigenvalue weighted by molar-refractivity contribution is -0.134. The van der Waals surface area contributed by atoms with E-state index in [2.05, 4.69) is 5.43 Å². The van der Waals surface area contributed by atoms with Crippen LogP contribution in [0.4, 0.5) is 0 Å². The number of para-hydroxylation sites is 1. The van der Waals surface area contributed by atoms with Crippen molar-refractivity contribution < 1.29 is 19.1 Å². The van der Waals surface area contributed by atoms with Crippen LogP contribution in [0.1, 0.15) is 5.56 Å². The highest BCUT2D eigenvalue weighted by molar-refractivity contribution is 8.26. The van der Waals surface area contributed by atoms with E-state index in [1.165, 1.54) is 6.07 Å². The van der Waals surface area contributed by atoms with Gasteiger partial charge in [-0.05, 0) is 42.6 Å². The van der Waals surface area contributed by atoms with Gasteiger partial charge in [-0.25, -0.2) is 0 Å². The number of amides is 2. The molecule has 1 aliphatic rings. The molecule has 150 valence electrons. The molecular formula is C19H14Cl2N2O4S2. The highest BCUT2D eigenvalue weighted by Gasteiger charge is 2.33. The summed E-state index contributed by atoms with van der Waals surface area (Å²) in [6.45, 7) is -0.357. The summed E-state index contributed by atoms with van der Waals surface area (Å²) < 4.78 is 10.9. The van der Waals surface area contributed by atoms with Crippen LogP contribution in [-0.4, -0.2) is 34.9 Å². The van der Waals surface area contributed by atoms with Crippen molar-refractivity contribution in [2.45, 2.75) is 0 Å². The van der Waals surface area contributed by atoms with Gasteiger partial charge >= 0.3 is 0 Å². The Labute approximate surface area is 186 Å². The number of halogens is 2. The first-order valence-corrected chi connectivity index (χ1v) is 10.2. The Morgan fingerprint density at radius 1 is 1.24 bits per heavy atom. The first kappa shape index (κ1) is 21.4. The van der Waals surface area contributed by atoms with Crippen LogP contribution < -0.4 is 14.9 Å². The molecule has 0 aromatic heterocycles. The van der Waals surface area contributed by atoms with Gasteiger partial charge in [0.2, 0.25) is 0 Å². The highest BCUT2D eigenvalue weighted by Crippen LogP contribution is 2.33. The minimum atomic E-state index is -0.564. The highest BCUT2D eigenvalue weighted by atomic mass is 35.5. The molecule has 0 atom stereocenters. The smallest absolute Gasteiger partial charge is 0.285 e. The molecule has 1 saturated heterocycles. The molecule has 1 aliphatic heterocycles. The van der Waals surface area contributed by atoms with E-state index in [1.54, 1.807) is 31.4 Å². The summed E-state index contributed by atoms with van der Waals surface area (Å²) in [5, 5.41) is 1.73. The van der Waals surface area contributed by atoms with E-state index in [9.17, 15) is 9.59 Å². The number of hydrazine groups is 1. The van der Waals surface area contributed by atoms with Gasteiger partial charge in [-0.2, -0.15) is 5.01 Å². The summed E-state index contributed by atoms with van der Waals surface area (Å²) in [6, 6.07) is 11.9. The van der Waals surface area contributed by atoms with Gasteiger partial charge in [-0.1, -0.05) is 53.2 Å². The van der Waals surface area contributed by atoms with E-state index in [-0.39, 0.29) is 16.0 Å². The Hall–Kier alpha value is -2.26. The van der Waals surface area contributed by atoms with Crippen molar-refractivity contribution in [2.24, 2.45) is 0 Å². The van der Waals surface area contributed by atoms with E-state index in [0.29, 0.717) is 21.4 Å². The summed E-state index contributed by atoms with van der Waals surface area (Å²) >= 11 is 18.1. The van der Waals surface area contributed by atoms with E-state index >= 15 is 0 Å². The van der Waals surface area contributed by atoms with E-state index in [1.807, 2.05) is 18.2 Å². The minimum Gasteiger partial charge on any atom is -0.496 e. The topological polar surface area (TPSA) is 67.9 Å². The molecule has 0 spiro atoms. The first-order valence-electron chi connectivity index (χ1n) is 8.17. The summed E-state index contributed by atoms with van der Waals surface area (Å²) in [5.41, 5.74) is 3.17. The molecule has 0 aliphatic carbocycles. The molecule has 29 heavy (non-hydrogen) atoms. The van der Waals surface area contributed by atoms with Crippen molar-refractivity contribution in [3.05, 3.63) is 63.0 Å². The molecule has 1 heterocycles. The third-order valence-corrected chi connectivity index (χ3v) is 5.54.